The van der Waals surface area contributed by atoms with Crippen LogP contribution in [0.1, 0.15) is 38.8 Å². The fourth-order valence-electron chi connectivity index (χ4n) is 3.15. The number of benzene rings is 1. The molecule has 7 N–H and O–H groups in total. The summed E-state index contributed by atoms with van der Waals surface area (Å²) in [6, 6.07) is -1.85. The highest BCUT2D eigenvalue weighted by atomic mass is 16.5. The number of fused-ring (bicyclic) bond motifs is 1. The maximum absolute atomic E-state index is 12.9. The molecule has 0 radical (unpaired) electrons. The maximum atomic E-state index is 12.9. The lowest BCUT2D eigenvalue weighted by Crippen LogP contribution is -2.43. The fourth-order valence-corrected chi connectivity index (χ4v) is 3.15. The number of rotatable bonds is 8. The van der Waals surface area contributed by atoms with Crippen LogP contribution < -0.4 is 20.7 Å². The highest BCUT2D eigenvalue weighted by Gasteiger charge is 2.35. The van der Waals surface area contributed by atoms with Crippen LogP contribution in [0.3, 0.4) is 0 Å². The molecule has 1 unspecified atom stereocenters. The molecule has 30 heavy (non-hydrogen) atoms. The summed E-state index contributed by atoms with van der Waals surface area (Å²) in [7, 11) is 0. The van der Waals surface area contributed by atoms with Gasteiger partial charge in [0.2, 0.25) is 0 Å². The fraction of sp³-hybridized carbons (Fsp3) is 0.526. The highest BCUT2D eigenvalue weighted by molar-refractivity contribution is 6.10. The number of hydrogen-bond donors (Lipinski definition) is 7. The van der Waals surface area contributed by atoms with E-state index in [0.29, 0.717) is 5.56 Å². The molecule has 0 aliphatic carbocycles. The van der Waals surface area contributed by atoms with Gasteiger partial charge >= 0.3 is 0 Å². The second-order valence-corrected chi connectivity index (χ2v) is 7.02. The lowest BCUT2D eigenvalue weighted by Gasteiger charge is -2.30. The molecule has 1 aromatic rings. The second kappa shape index (κ2) is 9.85. The van der Waals surface area contributed by atoms with Crippen LogP contribution in [0.5, 0.6) is 5.75 Å². The first-order chi connectivity index (χ1) is 14.2. The van der Waals surface area contributed by atoms with Gasteiger partial charge in [-0.15, -0.1) is 0 Å². The van der Waals surface area contributed by atoms with Gasteiger partial charge < -0.3 is 41.1 Å². The van der Waals surface area contributed by atoms with E-state index in [1.54, 1.807) is 6.92 Å². The lowest BCUT2D eigenvalue weighted by atomic mass is 9.92. The Morgan fingerprint density at radius 2 is 1.40 bits per heavy atom. The average Bonchev–Trinajstić information content (AvgIpc) is 2.71. The van der Waals surface area contributed by atoms with Crippen molar-refractivity contribution in [2.24, 2.45) is 0 Å². The van der Waals surface area contributed by atoms with Crippen LogP contribution in [0.2, 0.25) is 0 Å². The molecule has 2 rings (SSSR count). The summed E-state index contributed by atoms with van der Waals surface area (Å²) in [6.07, 6.45) is -0.887. The smallest absolute Gasteiger partial charge is 0.265 e. The van der Waals surface area contributed by atoms with Crippen molar-refractivity contribution in [1.29, 1.82) is 0 Å². The van der Waals surface area contributed by atoms with Crippen molar-refractivity contribution in [1.82, 2.24) is 10.6 Å². The summed E-state index contributed by atoms with van der Waals surface area (Å²) in [4.78, 5) is 37.9. The van der Waals surface area contributed by atoms with Crippen molar-refractivity contribution >= 4 is 23.4 Å². The van der Waals surface area contributed by atoms with Gasteiger partial charge in [0.1, 0.15) is 0 Å². The molecule has 0 saturated carbocycles. The predicted octanol–water partition coefficient (Wildman–Crippen LogP) is -1.81. The molecule has 0 spiro atoms. The first-order valence-electron chi connectivity index (χ1n) is 9.39. The Morgan fingerprint density at radius 1 is 0.933 bits per heavy atom. The number of anilines is 1. The van der Waals surface area contributed by atoms with Crippen LogP contribution in [0.25, 0.3) is 0 Å². The SMILES string of the molecule is Cc1c2c(c(C(=O)NC(CO)CO)c(C)c1C(=O)NC(CO)CO)OC(C)C(=O)N2. The van der Waals surface area contributed by atoms with E-state index in [-0.39, 0.29) is 28.1 Å². The number of carbonyl (C=O) groups excluding carboxylic acids is 3. The summed E-state index contributed by atoms with van der Waals surface area (Å²) in [5.41, 5.74) is 0.743. The number of nitrogens with one attached hydrogen (secondary N) is 3. The van der Waals surface area contributed by atoms with Crippen molar-refractivity contribution in [2.45, 2.75) is 39.0 Å². The second-order valence-electron chi connectivity index (χ2n) is 7.02. The first kappa shape index (κ1) is 23.5. The van der Waals surface area contributed by atoms with Crippen molar-refractivity contribution in [3.05, 3.63) is 22.3 Å². The van der Waals surface area contributed by atoms with Gasteiger partial charge in [0, 0.05) is 5.56 Å². The molecule has 166 valence electrons. The molecule has 11 heteroatoms. The van der Waals surface area contributed by atoms with Crippen LogP contribution in [0, 0.1) is 13.8 Å². The van der Waals surface area contributed by atoms with Crippen LogP contribution in [-0.2, 0) is 4.79 Å². The van der Waals surface area contributed by atoms with E-state index in [4.69, 9.17) is 4.74 Å². The van der Waals surface area contributed by atoms with E-state index >= 15 is 0 Å². The van der Waals surface area contributed by atoms with Crippen molar-refractivity contribution < 1.29 is 39.5 Å². The van der Waals surface area contributed by atoms with Crippen LogP contribution in [0.15, 0.2) is 0 Å². The zero-order chi connectivity index (χ0) is 22.6. The first-order valence-corrected chi connectivity index (χ1v) is 9.39. The Kier molecular flexibility index (Phi) is 7.73. The molecular weight excluding hydrogens is 398 g/mol. The molecule has 0 bridgehead atoms. The number of hydrogen-bond acceptors (Lipinski definition) is 8. The molecule has 11 nitrogen and oxygen atoms in total. The Bertz CT molecular complexity index is 834. The monoisotopic (exact) mass is 425 g/mol. The minimum absolute atomic E-state index is 0.0379. The van der Waals surface area contributed by atoms with E-state index < -0.39 is 62.3 Å². The van der Waals surface area contributed by atoms with Gasteiger partial charge in [-0.2, -0.15) is 0 Å². The van der Waals surface area contributed by atoms with E-state index in [0.717, 1.165) is 0 Å². The third-order valence-electron chi connectivity index (χ3n) is 4.87. The summed E-state index contributed by atoms with van der Waals surface area (Å²) >= 11 is 0. The van der Waals surface area contributed by atoms with E-state index in [1.165, 1.54) is 13.8 Å². The zero-order valence-corrected chi connectivity index (χ0v) is 17.0. The normalized spacial score (nSPS) is 15.5. The third-order valence-corrected chi connectivity index (χ3v) is 4.87. The van der Waals surface area contributed by atoms with E-state index in [2.05, 4.69) is 16.0 Å². The minimum atomic E-state index is -0.935. The van der Waals surface area contributed by atoms with Gasteiger partial charge in [-0.05, 0) is 31.9 Å². The Balaban J connectivity index is 2.64. The number of amides is 3. The molecule has 1 aliphatic rings. The number of carbonyl (C=O) groups is 3. The molecule has 0 saturated heterocycles. The van der Waals surface area contributed by atoms with Crippen LogP contribution >= 0.6 is 0 Å². The molecule has 1 atom stereocenters. The standard InChI is InChI=1S/C19H27N3O8/c1-8-13(18(28)20-11(4-23)5-24)9(2)15-16(30-10(3)17(27)22-15)14(8)19(29)21-12(6-25)7-26/h10-12,23-26H,4-7H2,1-3H3,(H,20,28)(H,21,29)(H,22,27). The molecule has 1 heterocycles. The Hall–Kier alpha value is -2.73. The van der Waals surface area contributed by atoms with Crippen LogP contribution in [0.4, 0.5) is 5.69 Å². The van der Waals surface area contributed by atoms with Crippen molar-refractivity contribution in [3.63, 3.8) is 0 Å². The maximum Gasteiger partial charge on any atom is 0.265 e. The van der Waals surface area contributed by atoms with E-state index in [9.17, 15) is 34.8 Å². The molecule has 1 aromatic carbocycles. The van der Waals surface area contributed by atoms with Gasteiger partial charge in [0.05, 0.1) is 49.8 Å². The highest BCUT2D eigenvalue weighted by Crippen LogP contribution is 2.41. The lowest BCUT2D eigenvalue weighted by molar-refractivity contribution is -0.122. The summed E-state index contributed by atoms with van der Waals surface area (Å²) < 4.78 is 5.66. The quantitative estimate of drug-likeness (QED) is 0.255. The summed E-state index contributed by atoms with van der Waals surface area (Å²) in [5, 5.41) is 44.6. The molecular formula is C19H27N3O8. The predicted molar refractivity (Wildman–Crippen MR) is 105 cm³/mol. The largest absolute Gasteiger partial charge is 0.478 e. The van der Waals surface area contributed by atoms with Crippen molar-refractivity contribution in [2.75, 3.05) is 31.7 Å². The molecule has 1 aliphatic heterocycles. The Morgan fingerprint density at radius 3 is 1.87 bits per heavy atom. The van der Waals surface area contributed by atoms with Gasteiger partial charge in [-0.3, -0.25) is 14.4 Å². The molecule has 3 amide bonds. The minimum Gasteiger partial charge on any atom is -0.478 e. The number of aliphatic hydroxyl groups excluding tert-OH is 4. The van der Waals surface area contributed by atoms with Gasteiger partial charge in [-0.1, -0.05) is 0 Å². The topological polar surface area (TPSA) is 177 Å². The van der Waals surface area contributed by atoms with Crippen molar-refractivity contribution in [3.8, 4) is 5.75 Å². The summed E-state index contributed by atoms with van der Waals surface area (Å²) in [6.45, 7) is 2.58. The zero-order valence-electron chi connectivity index (χ0n) is 17.0. The number of ether oxygens (including phenoxy) is 1. The van der Waals surface area contributed by atoms with Gasteiger partial charge in [-0.25, -0.2) is 0 Å². The Labute approximate surface area is 173 Å². The van der Waals surface area contributed by atoms with Gasteiger partial charge in [0.15, 0.2) is 11.9 Å². The van der Waals surface area contributed by atoms with Gasteiger partial charge in [0.25, 0.3) is 17.7 Å². The molecule has 0 fully saturated rings. The number of aliphatic hydroxyl groups is 4. The molecule has 0 aromatic heterocycles. The third kappa shape index (κ3) is 4.54. The van der Waals surface area contributed by atoms with E-state index in [1.807, 2.05) is 0 Å². The van der Waals surface area contributed by atoms with Crippen LogP contribution in [-0.4, -0.2) is 82.8 Å². The average molecular weight is 425 g/mol. The summed E-state index contributed by atoms with van der Waals surface area (Å²) in [5.74, 6) is -1.76.